The molecule has 21 heavy (non-hydrogen) atoms. The molecular weight excluding hydrogens is 272 g/mol. The van der Waals surface area contributed by atoms with Crippen LogP contribution in [0, 0.1) is 10.1 Å². The van der Waals surface area contributed by atoms with Crippen molar-refractivity contribution in [2.45, 2.75) is 6.54 Å². The predicted octanol–water partition coefficient (Wildman–Crippen LogP) is 1.81. The molecule has 7 heteroatoms. The molecule has 0 aliphatic heterocycles. The van der Waals surface area contributed by atoms with Gasteiger partial charge in [-0.2, -0.15) is 0 Å². The summed E-state index contributed by atoms with van der Waals surface area (Å²) in [5.41, 5.74) is 3.28. The average molecular weight is 286 g/mol. The minimum atomic E-state index is -0.594. The first-order chi connectivity index (χ1) is 10.1. The van der Waals surface area contributed by atoms with Crippen LogP contribution in [0.5, 0.6) is 0 Å². The number of nitrogens with two attached hydrogens (primary N) is 1. The summed E-state index contributed by atoms with van der Waals surface area (Å²) in [7, 11) is 0. The van der Waals surface area contributed by atoms with E-state index in [0.29, 0.717) is 6.54 Å². The maximum absolute atomic E-state index is 12.0. The molecule has 4 N–H and O–H groups in total. The van der Waals surface area contributed by atoms with Crippen LogP contribution in [0.2, 0.25) is 0 Å². The van der Waals surface area contributed by atoms with Gasteiger partial charge in [-0.3, -0.25) is 20.8 Å². The van der Waals surface area contributed by atoms with Crippen LogP contribution in [0.25, 0.3) is 0 Å². The molecular formula is C14H14N4O3. The van der Waals surface area contributed by atoms with E-state index in [0.717, 1.165) is 5.56 Å². The topological polar surface area (TPSA) is 110 Å². The van der Waals surface area contributed by atoms with E-state index in [2.05, 4.69) is 10.7 Å². The van der Waals surface area contributed by atoms with Crippen LogP contribution in [0.3, 0.4) is 0 Å². The number of nitrogens with zero attached hydrogens (tertiary/aromatic N) is 1. The van der Waals surface area contributed by atoms with E-state index in [4.69, 9.17) is 5.84 Å². The molecule has 0 bridgehead atoms. The lowest BCUT2D eigenvalue weighted by Gasteiger charge is -2.07. The van der Waals surface area contributed by atoms with Crippen molar-refractivity contribution in [3.8, 4) is 0 Å². The van der Waals surface area contributed by atoms with Crippen molar-refractivity contribution in [1.29, 1.82) is 0 Å². The molecule has 0 aromatic heterocycles. The number of nitro groups is 1. The first kappa shape index (κ1) is 14.5. The molecule has 1 amide bonds. The highest BCUT2D eigenvalue weighted by Gasteiger charge is 2.16. The van der Waals surface area contributed by atoms with E-state index >= 15 is 0 Å². The average Bonchev–Trinajstić information content (AvgIpc) is 2.52. The molecule has 0 aliphatic rings. The van der Waals surface area contributed by atoms with Gasteiger partial charge in [0.25, 0.3) is 11.6 Å². The fourth-order valence-corrected chi connectivity index (χ4v) is 1.83. The number of nitrogen functional groups attached to an aromatic ring is 1. The van der Waals surface area contributed by atoms with Crippen molar-refractivity contribution in [3.05, 3.63) is 69.8 Å². The van der Waals surface area contributed by atoms with E-state index < -0.39 is 4.92 Å². The minimum absolute atomic E-state index is 0.152. The highest BCUT2D eigenvalue weighted by Crippen LogP contribution is 2.24. The Hall–Kier alpha value is -2.93. The molecule has 2 aromatic carbocycles. The zero-order valence-electron chi connectivity index (χ0n) is 11.1. The van der Waals surface area contributed by atoms with Crippen molar-refractivity contribution in [1.82, 2.24) is 5.32 Å². The molecule has 0 heterocycles. The standard InChI is InChI=1S/C14H14N4O3/c15-17-12-7-6-11(8-13(12)18(20)21)14(19)16-9-10-4-2-1-3-5-10/h1-8,17H,9,15H2,(H,16,19). The highest BCUT2D eigenvalue weighted by molar-refractivity contribution is 5.95. The van der Waals surface area contributed by atoms with Gasteiger partial charge in [-0.15, -0.1) is 0 Å². The molecule has 0 atom stereocenters. The maximum atomic E-state index is 12.0. The third-order valence-corrected chi connectivity index (χ3v) is 2.91. The van der Waals surface area contributed by atoms with Crippen LogP contribution in [0.1, 0.15) is 15.9 Å². The number of carbonyl (C=O) groups is 1. The van der Waals surface area contributed by atoms with Gasteiger partial charge in [0.15, 0.2) is 0 Å². The number of carbonyl (C=O) groups excluding carboxylic acids is 1. The summed E-state index contributed by atoms with van der Waals surface area (Å²) in [6.45, 7) is 0.352. The molecule has 0 unspecified atom stereocenters. The summed E-state index contributed by atoms with van der Waals surface area (Å²) in [4.78, 5) is 22.3. The summed E-state index contributed by atoms with van der Waals surface area (Å²) in [6, 6.07) is 13.4. The van der Waals surface area contributed by atoms with Crippen molar-refractivity contribution in [3.63, 3.8) is 0 Å². The van der Waals surface area contributed by atoms with Gasteiger partial charge in [0.05, 0.1) is 4.92 Å². The summed E-state index contributed by atoms with van der Waals surface area (Å²) in [5.74, 6) is 4.81. The van der Waals surface area contributed by atoms with Crippen LogP contribution in [-0.4, -0.2) is 10.8 Å². The number of rotatable bonds is 5. The Morgan fingerprint density at radius 2 is 1.90 bits per heavy atom. The summed E-state index contributed by atoms with van der Waals surface area (Å²) >= 11 is 0. The van der Waals surface area contributed by atoms with Crippen molar-refractivity contribution in [2.24, 2.45) is 5.84 Å². The Bertz CT molecular complexity index is 659. The van der Waals surface area contributed by atoms with Gasteiger partial charge in [-0.1, -0.05) is 30.3 Å². The molecule has 0 radical (unpaired) electrons. The third kappa shape index (κ3) is 3.54. The van der Waals surface area contributed by atoms with Gasteiger partial charge in [0.2, 0.25) is 0 Å². The van der Waals surface area contributed by atoms with E-state index in [1.54, 1.807) is 0 Å². The van der Waals surface area contributed by atoms with Crippen LogP contribution in [0.4, 0.5) is 11.4 Å². The smallest absolute Gasteiger partial charge is 0.294 e. The number of hydrogen-bond donors (Lipinski definition) is 3. The number of hydrogen-bond acceptors (Lipinski definition) is 5. The number of anilines is 1. The Balaban J connectivity index is 2.12. The Morgan fingerprint density at radius 1 is 1.19 bits per heavy atom. The fraction of sp³-hybridized carbons (Fsp3) is 0.0714. The number of hydrazine groups is 1. The second kappa shape index (κ2) is 6.49. The lowest BCUT2D eigenvalue weighted by Crippen LogP contribution is -2.23. The van der Waals surface area contributed by atoms with Crippen molar-refractivity contribution < 1.29 is 9.72 Å². The van der Waals surface area contributed by atoms with Gasteiger partial charge < -0.3 is 10.7 Å². The fourth-order valence-electron chi connectivity index (χ4n) is 1.83. The molecule has 2 rings (SSSR count). The highest BCUT2D eigenvalue weighted by atomic mass is 16.6. The zero-order chi connectivity index (χ0) is 15.2. The number of nitro benzene ring substituents is 1. The van der Waals surface area contributed by atoms with Gasteiger partial charge in [0.1, 0.15) is 5.69 Å². The summed E-state index contributed by atoms with van der Waals surface area (Å²) < 4.78 is 0. The Kier molecular flexibility index (Phi) is 4.47. The van der Waals surface area contributed by atoms with Crippen molar-refractivity contribution >= 4 is 17.3 Å². The molecule has 0 aliphatic carbocycles. The second-order valence-electron chi connectivity index (χ2n) is 4.30. The SMILES string of the molecule is NNc1ccc(C(=O)NCc2ccccc2)cc1[N+](=O)[O-]. The Morgan fingerprint density at radius 3 is 2.52 bits per heavy atom. The van der Waals surface area contributed by atoms with Crippen LogP contribution in [-0.2, 0) is 6.54 Å². The Labute approximate surface area is 120 Å². The van der Waals surface area contributed by atoms with Crippen LogP contribution >= 0.6 is 0 Å². The monoisotopic (exact) mass is 286 g/mol. The molecule has 0 spiro atoms. The van der Waals surface area contributed by atoms with E-state index in [9.17, 15) is 14.9 Å². The van der Waals surface area contributed by atoms with Gasteiger partial charge in [-0.25, -0.2) is 0 Å². The lowest BCUT2D eigenvalue weighted by molar-refractivity contribution is -0.384. The van der Waals surface area contributed by atoms with Gasteiger partial charge in [-0.05, 0) is 17.7 Å². The largest absolute Gasteiger partial charge is 0.348 e. The lowest BCUT2D eigenvalue weighted by atomic mass is 10.1. The quantitative estimate of drug-likeness (QED) is 0.441. The summed E-state index contributed by atoms with van der Waals surface area (Å²) in [6.07, 6.45) is 0. The number of amides is 1. The first-order valence-electron chi connectivity index (χ1n) is 6.19. The van der Waals surface area contributed by atoms with E-state index in [-0.39, 0.29) is 22.8 Å². The molecule has 0 fully saturated rings. The minimum Gasteiger partial charge on any atom is -0.348 e. The predicted molar refractivity (Wildman–Crippen MR) is 78.5 cm³/mol. The normalized spacial score (nSPS) is 9.95. The second-order valence-corrected chi connectivity index (χ2v) is 4.30. The van der Waals surface area contributed by atoms with Crippen molar-refractivity contribution in [2.75, 3.05) is 5.43 Å². The van der Waals surface area contributed by atoms with Crippen LogP contribution < -0.4 is 16.6 Å². The third-order valence-electron chi connectivity index (χ3n) is 2.91. The summed E-state index contributed by atoms with van der Waals surface area (Å²) in [5, 5.41) is 13.6. The molecule has 0 saturated carbocycles. The van der Waals surface area contributed by atoms with Gasteiger partial charge in [0, 0.05) is 18.2 Å². The molecule has 108 valence electrons. The molecule has 0 saturated heterocycles. The van der Waals surface area contributed by atoms with E-state index in [1.807, 2.05) is 30.3 Å². The molecule has 7 nitrogen and oxygen atoms in total. The number of benzene rings is 2. The zero-order valence-corrected chi connectivity index (χ0v) is 11.1. The van der Waals surface area contributed by atoms with E-state index in [1.165, 1.54) is 18.2 Å². The first-order valence-corrected chi connectivity index (χ1v) is 6.19. The number of nitrogens with one attached hydrogen (secondary N) is 2. The maximum Gasteiger partial charge on any atom is 0.294 e. The molecule has 2 aromatic rings. The van der Waals surface area contributed by atoms with Gasteiger partial charge >= 0.3 is 0 Å². The van der Waals surface area contributed by atoms with Crippen LogP contribution in [0.15, 0.2) is 48.5 Å².